The molecule has 0 bridgehead atoms. The summed E-state index contributed by atoms with van der Waals surface area (Å²) in [5.41, 5.74) is 3.87. The molecule has 1 N–H and O–H groups in total. The van der Waals surface area contributed by atoms with Crippen molar-refractivity contribution < 1.29 is 4.79 Å². The number of anilines is 2. The van der Waals surface area contributed by atoms with Crippen molar-refractivity contribution in [3.63, 3.8) is 0 Å². The van der Waals surface area contributed by atoms with Gasteiger partial charge >= 0.3 is 0 Å². The second-order valence-electron chi connectivity index (χ2n) is 5.65. The van der Waals surface area contributed by atoms with Crippen LogP contribution in [0.2, 0.25) is 0 Å². The molecule has 1 amide bonds. The Labute approximate surface area is 113 Å². The summed E-state index contributed by atoms with van der Waals surface area (Å²) < 4.78 is 0. The normalized spacial score (nSPS) is 28.4. The Hall–Kier alpha value is -1.55. The fraction of sp³-hybridized carbons (Fsp3) is 0.533. The third-order valence-electron chi connectivity index (χ3n) is 4.79. The molecule has 2 atom stereocenters. The molecular weight excluding hydrogens is 238 g/mol. The summed E-state index contributed by atoms with van der Waals surface area (Å²) in [5, 5.41) is 3.49. The van der Waals surface area contributed by atoms with Gasteiger partial charge in [-0.3, -0.25) is 4.79 Å². The molecule has 0 spiro atoms. The lowest BCUT2D eigenvalue weighted by Crippen LogP contribution is -2.51. The molecule has 0 aliphatic carbocycles. The van der Waals surface area contributed by atoms with Crippen molar-refractivity contribution in [2.45, 2.75) is 25.3 Å². The number of nitrogens with one attached hydrogen (secondary N) is 1. The van der Waals surface area contributed by atoms with Gasteiger partial charge in [0.15, 0.2) is 0 Å². The Balaban J connectivity index is 1.89. The largest absolute Gasteiger partial charge is 0.357 e. The lowest BCUT2D eigenvalue weighted by atomic mass is 9.90. The average molecular weight is 257 g/mol. The molecule has 0 aromatic heterocycles. The van der Waals surface area contributed by atoms with Crippen LogP contribution in [0.4, 0.5) is 11.4 Å². The molecule has 1 fully saturated rings. The number of rotatable bonds is 1. The van der Waals surface area contributed by atoms with Crippen LogP contribution in [0, 0.1) is 0 Å². The predicted octanol–water partition coefficient (Wildman–Crippen LogP) is 1.32. The molecule has 100 valence electrons. The van der Waals surface area contributed by atoms with Crippen LogP contribution in [0.3, 0.4) is 0 Å². The molecule has 3 heterocycles. The van der Waals surface area contributed by atoms with Gasteiger partial charge in [-0.15, -0.1) is 0 Å². The zero-order valence-electron chi connectivity index (χ0n) is 11.2. The van der Waals surface area contributed by atoms with E-state index < -0.39 is 0 Å². The van der Waals surface area contributed by atoms with Crippen molar-refractivity contribution in [2.24, 2.45) is 0 Å². The van der Waals surface area contributed by atoms with Gasteiger partial charge in [-0.05, 0) is 31.5 Å². The van der Waals surface area contributed by atoms with Gasteiger partial charge in [0.25, 0.3) is 0 Å². The molecule has 19 heavy (non-hydrogen) atoms. The van der Waals surface area contributed by atoms with E-state index in [4.69, 9.17) is 0 Å². The third-order valence-corrected chi connectivity index (χ3v) is 4.79. The van der Waals surface area contributed by atoms with Crippen LogP contribution < -0.4 is 15.1 Å². The predicted molar refractivity (Wildman–Crippen MR) is 75.8 cm³/mol. The van der Waals surface area contributed by atoms with Crippen molar-refractivity contribution >= 4 is 17.3 Å². The van der Waals surface area contributed by atoms with E-state index in [0.717, 1.165) is 31.7 Å². The molecule has 0 saturated carbocycles. The number of carbonyl (C=O) groups excluding carboxylic acids is 1. The highest BCUT2D eigenvalue weighted by Gasteiger charge is 2.45. The molecule has 4 nitrogen and oxygen atoms in total. The van der Waals surface area contributed by atoms with Gasteiger partial charge < -0.3 is 15.1 Å². The highest BCUT2D eigenvalue weighted by molar-refractivity contribution is 6.04. The van der Waals surface area contributed by atoms with Crippen molar-refractivity contribution in [2.75, 3.05) is 36.0 Å². The molecule has 1 aromatic rings. The number of amides is 1. The Morgan fingerprint density at radius 2 is 2.32 bits per heavy atom. The number of nitrogens with zero attached hydrogens (tertiary/aromatic N) is 2. The standard InChI is InChI=1S/C15H19N3O/c1-2-17-13-5-3-4-10-11-8-16-7-6-12(11)18(15(10)13)9-14(17)19/h3-5,11-12,16H,2,6-9H2,1H3/t11-,12-/m0/s1. The van der Waals surface area contributed by atoms with Gasteiger partial charge in [0.1, 0.15) is 0 Å². The maximum absolute atomic E-state index is 12.3. The summed E-state index contributed by atoms with van der Waals surface area (Å²) in [4.78, 5) is 16.6. The highest BCUT2D eigenvalue weighted by atomic mass is 16.2. The molecule has 3 aliphatic rings. The maximum atomic E-state index is 12.3. The van der Waals surface area contributed by atoms with Crippen LogP contribution in [-0.4, -0.2) is 38.1 Å². The summed E-state index contributed by atoms with van der Waals surface area (Å²) >= 11 is 0. The molecule has 4 rings (SSSR count). The second kappa shape index (κ2) is 3.97. The lowest BCUT2D eigenvalue weighted by molar-refractivity contribution is -0.117. The van der Waals surface area contributed by atoms with E-state index in [1.54, 1.807) is 0 Å². The number of piperidine rings is 1. The van der Waals surface area contributed by atoms with Crippen LogP contribution in [0.5, 0.6) is 0 Å². The van der Waals surface area contributed by atoms with Gasteiger partial charge in [-0.2, -0.15) is 0 Å². The fourth-order valence-electron chi connectivity index (χ4n) is 3.99. The summed E-state index contributed by atoms with van der Waals surface area (Å²) in [5.74, 6) is 0.791. The van der Waals surface area contributed by atoms with Gasteiger partial charge in [-0.1, -0.05) is 12.1 Å². The summed E-state index contributed by atoms with van der Waals surface area (Å²) in [6, 6.07) is 6.95. The van der Waals surface area contributed by atoms with Gasteiger partial charge in [0.05, 0.1) is 17.9 Å². The van der Waals surface area contributed by atoms with Crippen molar-refractivity contribution in [3.05, 3.63) is 23.8 Å². The molecule has 1 aromatic carbocycles. The Morgan fingerprint density at radius 1 is 1.42 bits per heavy atom. The molecule has 1 saturated heterocycles. The zero-order valence-corrected chi connectivity index (χ0v) is 11.2. The second-order valence-corrected chi connectivity index (χ2v) is 5.65. The van der Waals surface area contributed by atoms with Gasteiger partial charge in [0, 0.05) is 25.0 Å². The van der Waals surface area contributed by atoms with Gasteiger partial charge in [-0.25, -0.2) is 0 Å². The van der Waals surface area contributed by atoms with Crippen LogP contribution in [0.25, 0.3) is 0 Å². The average Bonchev–Trinajstić information content (AvgIpc) is 2.76. The first kappa shape index (κ1) is 11.3. The number of carbonyl (C=O) groups is 1. The quantitative estimate of drug-likeness (QED) is 0.824. The summed E-state index contributed by atoms with van der Waals surface area (Å²) in [7, 11) is 0. The number of likely N-dealkylation sites (N-methyl/N-ethyl adjacent to an activating group) is 1. The fourth-order valence-corrected chi connectivity index (χ4v) is 3.99. The van der Waals surface area contributed by atoms with E-state index in [1.165, 1.54) is 11.3 Å². The van der Waals surface area contributed by atoms with E-state index in [9.17, 15) is 4.79 Å². The van der Waals surface area contributed by atoms with Crippen LogP contribution in [0.1, 0.15) is 24.8 Å². The molecule has 3 aliphatic heterocycles. The van der Waals surface area contributed by atoms with E-state index in [0.29, 0.717) is 18.5 Å². The zero-order chi connectivity index (χ0) is 13.0. The summed E-state index contributed by atoms with van der Waals surface area (Å²) in [6.45, 7) is 5.47. The monoisotopic (exact) mass is 257 g/mol. The summed E-state index contributed by atoms with van der Waals surface area (Å²) in [6.07, 6.45) is 1.14. The van der Waals surface area contributed by atoms with Crippen molar-refractivity contribution in [1.82, 2.24) is 5.32 Å². The smallest absolute Gasteiger partial charge is 0.246 e. The number of para-hydroxylation sites is 1. The Kier molecular flexibility index (Phi) is 2.36. The maximum Gasteiger partial charge on any atom is 0.246 e. The van der Waals surface area contributed by atoms with E-state index >= 15 is 0 Å². The first-order valence-electron chi connectivity index (χ1n) is 7.22. The Bertz CT molecular complexity index is 542. The molecular formula is C15H19N3O. The number of benzene rings is 1. The minimum atomic E-state index is 0.242. The topological polar surface area (TPSA) is 35.6 Å². The minimum Gasteiger partial charge on any atom is -0.357 e. The Morgan fingerprint density at radius 3 is 3.16 bits per heavy atom. The van der Waals surface area contributed by atoms with E-state index in [-0.39, 0.29) is 5.91 Å². The molecule has 4 heteroatoms. The van der Waals surface area contributed by atoms with Gasteiger partial charge in [0.2, 0.25) is 5.91 Å². The van der Waals surface area contributed by atoms with Crippen LogP contribution in [0.15, 0.2) is 18.2 Å². The van der Waals surface area contributed by atoms with Crippen LogP contribution in [-0.2, 0) is 4.79 Å². The van der Waals surface area contributed by atoms with Crippen molar-refractivity contribution in [1.29, 1.82) is 0 Å². The number of hydrogen-bond acceptors (Lipinski definition) is 3. The highest BCUT2D eigenvalue weighted by Crippen LogP contribution is 2.49. The van der Waals surface area contributed by atoms with Crippen LogP contribution >= 0.6 is 0 Å². The lowest BCUT2D eigenvalue weighted by Gasteiger charge is -2.39. The van der Waals surface area contributed by atoms with Crippen molar-refractivity contribution in [3.8, 4) is 0 Å². The molecule has 0 unspecified atom stereocenters. The SMILES string of the molecule is CCN1C(=O)CN2c3c(cccc31)[C@@H]1CNCC[C@@H]12. The minimum absolute atomic E-state index is 0.242. The number of hydrogen-bond donors (Lipinski definition) is 1. The number of fused-ring (bicyclic) bond motifs is 3. The third kappa shape index (κ3) is 1.40. The first-order chi connectivity index (χ1) is 9.31. The first-order valence-corrected chi connectivity index (χ1v) is 7.22. The van der Waals surface area contributed by atoms with E-state index in [1.807, 2.05) is 4.90 Å². The van der Waals surface area contributed by atoms with E-state index in [2.05, 4.69) is 35.3 Å². The molecule has 0 radical (unpaired) electrons.